The number of hydrazone groups is 1. The minimum absolute atomic E-state index is 0.471. The highest BCUT2D eigenvalue weighted by Gasteiger charge is 2.01. The molecule has 0 aliphatic rings. The SMILES string of the molecule is CC[C@@H](C)N(C)/N=C(/C)N. The maximum Gasteiger partial charge on any atom is 0.116 e. The van der Waals surface area contributed by atoms with Gasteiger partial charge in [0.25, 0.3) is 0 Å². The Balaban J connectivity index is 3.83. The van der Waals surface area contributed by atoms with E-state index >= 15 is 0 Å². The number of rotatable bonds is 3. The van der Waals surface area contributed by atoms with E-state index in [2.05, 4.69) is 18.9 Å². The highest BCUT2D eigenvalue weighted by atomic mass is 15.5. The molecule has 3 nitrogen and oxygen atoms in total. The van der Waals surface area contributed by atoms with Crippen LogP contribution in [0.25, 0.3) is 0 Å². The predicted molar refractivity (Wildman–Crippen MR) is 44.8 cm³/mol. The van der Waals surface area contributed by atoms with Crippen molar-refractivity contribution in [2.24, 2.45) is 10.8 Å². The molecule has 2 N–H and O–H groups in total. The number of nitrogens with zero attached hydrogens (tertiary/aromatic N) is 2. The van der Waals surface area contributed by atoms with Gasteiger partial charge in [0.15, 0.2) is 0 Å². The Hall–Kier alpha value is -0.730. The largest absolute Gasteiger partial charge is 0.386 e. The van der Waals surface area contributed by atoms with Crippen molar-refractivity contribution < 1.29 is 0 Å². The lowest BCUT2D eigenvalue weighted by Gasteiger charge is -2.20. The van der Waals surface area contributed by atoms with E-state index in [9.17, 15) is 0 Å². The molecule has 0 bridgehead atoms. The van der Waals surface area contributed by atoms with Crippen LogP contribution in [-0.4, -0.2) is 23.9 Å². The van der Waals surface area contributed by atoms with Gasteiger partial charge in [-0.3, -0.25) is 5.01 Å². The maximum atomic E-state index is 5.39. The average molecular weight is 143 g/mol. The van der Waals surface area contributed by atoms with Crippen LogP contribution in [0.3, 0.4) is 0 Å². The summed E-state index contributed by atoms with van der Waals surface area (Å²) in [6.07, 6.45) is 1.09. The zero-order valence-corrected chi connectivity index (χ0v) is 7.26. The molecule has 0 amide bonds. The van der Waals surface area contributed by atoms with E-state index in [-0.39, 0.29) is 0 Å². The van der Waals surface area contributed by atoms with Gasteiger partial charge in [-0.1, -0.05) is 6.92 Å². The summed E-state index contributed by atoms with van der Waals surface area (Å²) in [5.74, 6) is 0.614. The van der Waals surface area contributed by atoms with Gasteiger partial charge in [0.2, 0.25) is 0 Å². The molecule has 0 radical (unpaired) electrons. The molecule has 0 aromatic carbocycles. The second kappa shape index (κ2) is 4.14. The second-order valence-corrected chi connectivity index (χ2v) is 2.57. The van der Waals surface area contributed by atoms with Crippen LogP contribution in [0.15, 0.2) is 5.10 Å². The van der Waals surface area contributed by atoms with Gasteiger partial charge >= 0.3 is 0 Å². The summed E-state index contributed by atoms with van der Waals surface area (Å²) >= 11 is 0. The molecule has 60 valence electrons. The van der Waals surface area contributed by atoms with Crippen LogP contribution < -0.4 is 5.73 Å². The molecule has 0 heterocycles. The lowest BCUT2D eigenvalue weighted by Crippen LogP contribution is -2.25. The third-order valence-corrected chi connectivity index (χ3v) is 1.54. The van der Waals surface area contributed by atoms with Crippen molar-refractivity contribution in [1.29, 1.82) is 0 Å². The lowest BCUT2D eigenvalue weighted by atomic mass is 10.3. The topological polar surface area (TPSA) is 41.6 Å². The molecule has 0 unspecified atom stereocenters. The van der Waals surface area contributed by atoms with Gasteiger partial charge in [-0.25, -0.2) is 0 Å². The summed E-state index contributed by atoms with van der Waals surface area (Å²) < 4.78 is 0. The Bertz CT molecular complexity index is 116. The second-order valence-electron chi connectivity index (χ2n) is 2.57. The van der Waals surface area contributed by atoms with Crippen molar-refractivity contribution >= 4 is 5.84 Å². The van der Waals surface area contributed by atoms with E-state index in [1.807, 2.05) is 12.1 Å². The highest BCUT2D eigenvalue weighted by Crippen LogP contribution is 1.99. The Morgan fingerprint density at radius 2 is 2.20 bits per heavy atom. The first kappa shape index (κ1) is 9.27. The van der Waals surface area contributed by atoms with Gasteiger partial charge in [-0.05, 0) is 20.3 Å². The Morgan fingerprint density at radius 1 is 1.70 bits per heavy atom. The van der Waals surface area contributed by atoms with Crippen molar-refractivity contribution in [3.63, 3.8) is 0 Å². The first-order chi connectivity index (χ1) is 4.57. The molecule has 1 atom stereocenters. The van der Waals surface area contributed by atoms with Gasteiger partial charge in [-0.15, -0.1) is 0 Å². The fourth-order valence-corrected chi connectivity index (χ4v) is 0.612. The van der Waals surface area contributed by atoms with E-state index in [1.165, 1.54) is 0 Å². The van der Waals surface area contributed by atoms with Crippen molar-refractivity contribution in [2.75, 3.05) is 7.05 Å². The molecule has 0 rings (SSSR count). The summed E-state index contributed by atoms with van der Waals surface area (Å²) in [6, 6.07) is 0.471. The number of nitrogens with two attached hydrogens (primary N) is 1. The van der Waals surface area contributed by atoms with E-state index in [0.29, 0.717) is 11.9 Å². The normalized spacial score (nSPS) is 15.0. The zero-order chi connectivity index (χ0) is 8.15. The fraction of sp³-hybridized carbons (Fsp3) is 0.857. The molecule has 0 aliphatic carbocycles. The molecule has 0 spiro atoms. The van der Waals surface area contributed by atoms with Gasteiger partial charge in [0, 0.05) is 13.1 Å². The summed E-state index contributed by atoms with van der Waals surface area (Å²) in [7, 11) is 1.94. The third-order valence-electron chi connectivity index (χ3n) is 1.54. The van der Waals surface area contributed by atoms with E-state index in [4.69, 9.17) is 5.73 Å². The van der Waals surface area contributed by atoms with Gasteiger partial charge in [0.05, 0.1) is 0 Å². The number of hydrogen-bond donors (Lipinski definition) is 1. The number of amidine groups is 1. The van der Waals surface area contributed by atoms with Crippen LogP contribution in [0.2, 0.25) is 0 Å². The highest BCUT2D eigenvalue weighted by molar-refractivity contribution is 5.77. The van der Waals surface area contributed by atoms with Gasteiger partial charge in [0.1, 0.15) is 5.84 Å². The molecule has 0 aromatic heterocycles. The molecule has 0 aromatic rings. The third kappa shape index (κ3) is 3.33. The van der Waals surface area contributed by atoms with Crippen LogP contribution >= 0.6 is 0 Å². The minimum Gasteiger partial charge on any atom is -0.386 e. The first-order valence-corrected chi connectivity index (χ1v) is 3.61. The molecule has 0 saturated carbocycles. The van der Waals surface area contributed by atoms with Crippen LogP contribution in [0.1, 0.15) is 27.2 Å². The Morgan fingerprint density at radius 3 is 2.50 bits per heavy atom. The van der Waals surface area contributed by atoms with Crippen LogP contribution in [0.4, 0.5) is 0 Å². The van der Waals surface area contributed by atoms with Crippen LogP contribution in [0.5, 0.6) is 0 Å². The molecular weight excluding hydrogens is 126 g/mol. The summed E-state index contributed by atoms with van der Waals surface area (Å²) in [5, 5.41) is 5.96. The molecule has 10 heavy (non-hydrogen) atoms. The van der Waals surface area contributed by atoms with Crippen molar-refractivity contribution in [3.05, 3.63) is 0 Å². The lowest BCUT2D eigenvalue weighted by molar-refractivity contribution is 0.264. The Kier molecular flexibility index (Phi) is 3.84. The summed E-state index contributed by atoms with van der Waals surface area (Å²) in [6.45, 7) is 6.04. The smallest absolute Gasteiger partial charge is 0.116 e. The molecule has 0 aliphatic heterocycles. The molecular formula is C7H17N3. The predicted octanol–water partition coefficient (Wildman–Crippen LogP) is 1.01. The number of hydrogen-bond acceptors (Lipinski definition) is 2. The van der Waals surface area contributed by atoms with E-state index < -0.39 is 0 Å². The van der Waals surface area contributed by atoms with Crippen molar-refractivity contribution in [3.8, 4) is 0 Å². The van der Waals surface area contributed by atoms with Crippen LogP contribution in [-0.2, 0) is 0 Å². The Labute approximate surface area is 62.9 Å². The summed E-state index contributed by atoms with van der Waals surface area (Å²) in [4.78, 5) is 0. The minimum atomic E-state index is 0.471. The molecule has 0 fully saturated rings. The van der Waals surface area contributed by atoms with Crippen molar-refractivity contribution in [1.82, 2.24) is 5.01 Å². The van der Waals surface area contributed by atoms with Gasteiger partial charge < -0.3 is 5.73 Å². The molecule has 0 saturated heterocycles. The molecule has 3 heteroatoms. The van der Waals surface area contributed by atoms with Crippen molar-refractivity contribution in [2.45, 2.75) is 33.2 Å². The fourth-order valence-electron chi connectivity index (χ4n) is 0.612. The summed E-state index contributed by atoms with van der Waals surface area (Å²) in [5.41, 5.74) is 5.39. The quantitative estimate of drug-likeness (QED) is 0.364. The van der Waals surface area contributed by atoms with E-state index in [0.717, 1.165) is 6.42 Å². The van der Waals surface area contributed by atoms with Gasteiger partial charge in [-0.2, -0.15) is 5.10 Å². The standard InChI is InChI=1S/C7H17N3/c1-5-6(2)10(4)9-7(3)8/h6H,5H2,1-4H3,(H2,8,9)/t6-/m1/s1. The zero-order valence-electron chi connectivity index (χ0n) is 7.26. The van der Waals surface area contributed by atoms with Crippen LogP contribution in [0, 0.1) is 0 Å². The van der Waals surface area contributed by atoms with E-state index in [1.54, 1.807) is 6.92 Å². The monoisotopic (exact) mass is 143 g/mol. The maximum absolute atomic E-state index is 5.39. The first-order valence-electron chi connectivity index (χ1n) is 3.61. The average Bonchev–Trinajstić information content (AvgIpc) is 1.85.